The second-order valence-electron chi connectivity index (χ2n) is 19.9. The molecule has 0 fully saturated rings. The molecule has 0 aromatic rings. The molecular weight excluding hydrogens is 829 g/mol. The molecule has 0 aliphatic rings. The number of hydrogen-bond acceptors (Lipinski definition) is 6. The van der Waals surface area contributed by atoms with Gasteiger partial charge < -0.3 is 14.2 Å². The van der Waals surface area contributed by atoms with E-state index in [9.17, 15) is 14.4 Å². The van der Waals surface area contributed by atoms with Crippen molar-refractivity contribution >= 4 is 17.9 Å². The van der Waals surface area contributed by atoms with Gasteiger partial charge in [0.15, 0.2) is 6.10 Å². The van der Waals surface area contributed by atoms with Crippen molar-refractivity contribution in [3.8, 4) is 0 Å². The molecule has 0 amide bonds. The van der Waals surface area contributed by atoms with Gasteiger partial charge in [0, 0.05) is 19.3 Å². The molecule has 0 rings (SSSR count). The second-order valence-corrected chi connectivity index (χ2v) is 19.9. The lowest BCUT2D eigenvalue weighted by atomic mass is 10.0. The lowest BCUT2D eigenvalue weighted by Crippen LogP contribution is -2.30. The summed E-state index contributed by atoms with van der Waals surface area (Å²) in [5, 5.41) is 0. The Morgan fingerprint density at radius 3 is 0.851 bits per heavy atom. The van der Waals surface area contributed by atoms with Crippen LogP contribution in [0.25, 0.3) is 0 Å². The third kappa shape index (κ3) is 54.4. The van der Waals surface area contributed by atoms with Crippen LogP contribution < -0.4 is 0 Å². The number of hydrogen-bond donors (Lipinski definition) is 0. The highest BCUT2D eigenvalue weighted by atomic mass is 16.6. The van der Waals surface area contributed by atoms with Crippen LogP contribution in [-0.2, 0) is 28.6 Å². The fourth-order valence-electron chi connectivity index (χ4n) is 8.65. The number of carbonyl (C=O) groups excluding carboxylic acids is 3. The summed E-state index contributed by atoms with van der Waals surface area (Å²) >= 11 is 0. The summed E-state index contributed by atoms with van der Waals surface area (Å²) in [6.07, 6.45) is 67.0. The highest BCUT2D eigenvalue weighted by Gasteiger charge is 2.19. The number of rotatable bonds is 54. The average Bonchev–Trinajstić information content (AvgIpc) is 3.33. The normalized spacial score (nSPS) is 12.2. The van der Waals surface area contributed by atoms with Gasteiger partial charge in [0.25, 0.3) is 0 Å². The molecule has 0 aliphatic carbocycles. The van der Waals surface area contributed by atoms with E-state index in [-0.39, 0.29) is 31.1 Å². The zero-order valence-corrected chi connectivity index (χ0v) is 44.9. The van der Waals surface area contributed by atoms with Crippen LogP contribution in [0.5, 0.6) is 0 Å². The number of esters is 3. The highest BCUT2D eigenvalue weighted by molar-refractivity contribution is 5.71. The average molecular weight is 942 g/mol. The molecule has 0 N–H and O–H groups in total. The predicted molar refractivity (Wildman–Crippen MR) is 289 cm³/mol. The van der Waals surface area contributed by atoms with E-state index in [1.807, 2.05) is 0 Å². The summed E-state index contributed by atoms with van der Waals surface area (Å²) in [5.74, 6) is -0.873. The number of ether oxygens (including phenoxy) is 3. The summed E-state index contributed by atoms with van der Waals surface area (Å²) in [6, 6.07) is 0. The van der Waals surface area contributed by atoms with Gasteiger partial charge in [-0.1, -0.05) is 256 Å². The predicted octanol–water partition coefficient (Wildman–Crippen LogP) is 19.7. The van der Waals surface area contributed by atoms with Crippen LogP contribution >= 0.6 is 0 Å². The van der Waals surface area contributed by atoms with Gasteiger partial charge in [-0.3, -0.25) is 14.4 Å². The maximum Gasteiger partial charge on any atom is 0.306 e. The van der Waals surface area contributed by atoms with Crippen molar-refractivity contribution in [2.24, 2.45) is 0 Å². The molecule has 0 saturated heterocycles. The van der Waals surface area contributed by atoms with Crippen LogP contribution in [0, 0.1) is 0 Å². The lowest BCUT2D eigenvalue weighted by molar-refractivity contribution is -0.167. The third-order valence-corrected chi connectivity index (χ3v) is 13.1. The SMILES string of the molecule is CCCCCC/C=C\C/C=C\CCCCCCCC(=O)OC(COC(=O)CCCCCCCCCCC/C=C\CCCCCCCC)COC(=O)CCCCCCCCCCCCCCCC. The van der Waals surface area contributed by atoms with E-state index < -0.39 is 6.10 Å². The van der Waals surface area contributed by atoms with Crippen molar-refractivity contribution in [3.63, 3.8) is 0 Å². The Morgan fingerprint density at radius 2 is 0.537 bits per heavy atom. The van der Waals surface area contributed by atoms with Crippen molar-refractivity contribution < 1.29 is 28.6 Å². The van der Waals surface area contributed by atoms with Gasteiger partial charge in [-0.25, -0.2) is 0 Å². The Hall–Kier alpha value is -2.37. The Labute approximate surface area is 416 Å². The Balaban J connectivity index is 4.35. The minimum Gasteiger partial charge on any atom is -0.462 e. The first-order chi connectivity index (χ1) is 33.0. The van der Waals surface area contributed by atoms with Crippen LogP contribution in [0.3, 0.4) is 0 Å². The summed E-state index contributed by atoms with van der Waals surface area (Å²) in [6.45, 7) is 6.65. The molecule has 1 unspecified atom stereocenters. The van der Waals surface area contributed by atoms with Crippen molar-refractivity contribution in [2.45, 2.75) is 322 Å². The van der Waals surface area contributed by atoms with Crippen LogP contribution in [0.4, 0.5) is 0 Å². The van der Waals surface area contributed by atoms with Gasteiger partial charge in [-0.05, 0) is 77.0 Å². The van der Waals surface area contributed by atoms with Gasteiger partial charge in [0.1, 0.15) is 13.2 Å². The summed E-state index contributed by atoms with van der Waals surface area (Å²) < 4.78 is 16.9. The molecule has 6 heteroatoms. The van der Waals surface area contributed by atoms with Crippen molar-refractivity contribution in [1.29, 1.82) is 0 Å². The standard InChI is InChI=1S/C61H112O6/c1-4-7-10-13-16-19-22-25-28-30-31-32-34-36-39-42-45-48-51-54-60(63)66-57-58(56-65-59(62)53-50-47-44-41-38-35-27-24-21-18-15-12-9-6-3)67-61(64)55-52-49-46-43-40-37-33-29-26-23-20-17-14-11-8-5-2/h20,23,25,28-29,33,58H,4-19,21-22,24,26-27,30-32,34-57H2,1-3H3/b23-20-,28-25-,33-29-. The maximum atomic E-state index is 12.8. The molecule has 0 aliphatic heterocycles. The van der Waals surface area contributed by atoms with E-state index in [0.29, 0.717) is 19.3 Å². The van der Waals surface area contributed by atoms with E-state index in [4.69, 9.17) is 14.2 Å². The molecule has 6 nitrogen and oxygen atoms in total. The molecule has 67 heavy (non-hydrogen) atoms. The highest BCUT2D eigenvalue weighted by Crippen LogP contribution is 2.16. The van der Waals surface area contributed by atoms with E-state index >= 15 is 0 Å². The molecule has 0 heterocycles. The fraction of sp³-hybridized carbons (Fsp3) is 0.852. The minimum atomic E-state index is -0.777. The molecule has 0 aromatic carbocycles. The minimum absolute atomic E-state index is 0.0747. The van der Waals surface area contributed by atoms with Crippen LogP contribution in [0.2, 0.25) is 0 Å². The third-order valence-electron chi connectivity index (χ3n) is 13.1. The van der Waals surface area contributed by atoms with Gasteiger partial charge in [0.2, 0.25) is 0 Å². The Morgan fingerprint density at radius 1 is 0.299 bits per heavy atom. The first-order valence-electron chi connectivity index (χ1n) is 29.5. The Bertz CT molecular complexity index is 1130. The molecule has 0 radical (unpaired) electrons. The first kappa shape index (κ1) is 64.6. The summed E-state index contributed by atoms with van der Waals surface area (Å²) in [7, 11) is 0. The largest absolute Gasteiger partial charge is 0.462 e. The first-order valence-corrected chi connectivity index (χ1v) is 29.5. The number of carbonyl (C=O) groups is 3. The van der Waals surface area contributed by atoms with Crippen LogP contribution in [0.1, 0.15) is 316 Å². The molecule has 0 aromatic heterocycles. The van der Waals surface area contributed by atoms with E-state index in [1.165, 1.54) is 193 Å². The molecule has 0 spiro atoms. The molecule has 392 valence electrons. The summed E-state index contributed by atoms with van der Waals surface area (Å²) in [5.41, 5.74) is 0. The molecule has 1 atom stereocenters. The van der Waals surface area contributed by atoms with Crippen molar-refractivity contribution in [1.82, 2.24) is 0 Å². The van der Waals surface area contributed by atoms with Crippen LogP contribution in [0.15, 0.2) is 36.5 Å². The number of unbranched alkanes of at least 4 members (excludes halogenated alkanes) is 37. The van der Waals surface area contributed by atoms with E-state index in [1.54, 1.807) is 0 Å². The van der Waals surface area contributed by atoms with Gasteiger partial charge in [-0.15, -0.1) is 0 Å². The van der Waals surface area contributed by atoms with Gasteiger partial charge in [0.05, 0.1) is 0 Å². The Kier molecular flexibility index (Phi) is 54.2. The summed E-state index contributed by atoms with van der Waals surface area (Å²) in [4.78, 5) is 38.2. The monoisotopic (exact) mass is 941 g/mol. The smallest absolute Gasteiger partial charge is 0.306 e. The maximum absolute atomic E-state index is 12.8. The zero-order chi connectivity index (χ0) is 48.6. The number of allylic oxidation sites excluding steroid dienone is 6. The zero-order valence-electron chi connectivity index (χ0n) is 44.9. The van der Waals surface area contributed by atoms with Crippen molar-refractivity contribution in [3.05, 3.63) is 36.5 Å². The topological polar surface area (TPSA) is 78.9 Å². The quantitative estimate of drug-likeness (QED) is 0.0262. The lowest BCUT2D eigenvalue weighted by Gasteiger charge is -2.18. The molecular formula is C61H112O6. The van der Waals surface area contributed by atoms with E-state index in [0.717, 1.165) is 83.5 Å². The fourth-order valence-corrected chi connectivity index (χ4v) is 8.65. The van der Waals surface area contributed by atoms with Gasteiger partial charge >= 0.3 is 17.9 Å². The van der Waals surface area contributed by atoms with E-state index in [2.05, 4.69) is 57.2 Å². The molecule has 0 bridgehead atoms. The van der Waals surface area contributed by atoms with Gasteiger partial charge in [-0.2, -0.15) is 0 Å². The van der Waals surface area contributed by atoms with Crippen molar-refractivity contribution in [2.75, 3.05) is 13.2 Å². The van der Waals surface area contributed by atoms with Crippen LogP contribution in [-0.4, -0.2) is 37.2 Å². The second kappa shape index (κ2) is 56.2. The molecule has 0 saturated carbocycles.